The van der Waals surface area contributed by atoms with E-state index in [2.05, 4.69) is 19.2 Å². The van der Waals surface area contributed by atoms with Gasteiger partial charge in [-0.05, 0) is 31.7 Å². The number of aliphatic hydroxyl groups excluding tert-OH is 1. The van der Waals surface area contributed by atoms with E-state index in [1.54, 1.807) is 0 Å². The topological polar surface area (TPSA) is 32.3 Å². The lowest BCUT2D eigenvalue weighted by atomic mass is 9.99. The number of hydrogen-bond donors (Lipinski definition) is 2. The zero-order valence-electron chi connectivity index (χ0n) is 7.51. The normalized spacial score (nSPS) is 27.8. The highest BCUT2D eigenvalue weighted by atomic mass is 16.3. The lowest BCUT2D eigenvalue weighted by Gasteiger charge is -2.19. The Bertz CT molecular complexity index is 108. The van der Waals surface area contributed by atoms with Crippen molar-refractivity contribution in [3.8, 4) is 0 Å². The minimum Gasteiger partial charge on any atom is -0.391 e. The van der Waals surface area contributed by atoms with Gasteiger partial charge in [0.15, 0.2) is 0 Å². The molecule has 2 atom stereocenters. The van der Waals surface area contributed by atoms with Gasteiger partial charge in [0.2, 0.25) is 0 Å². The van der Waals surface area contributed by atoms with Crippen molar-refractivity contribution < 1.29 is 5.11 Å². The van der Waals surface area contributed by atoms with Gasteiger partial charge in [-0.15, -0.1) is 0 Å². The molecule has 1 fully saturated rings. The first-order valence-corrected chi connectivity index (χ1v) is 4.61. The van der Waals surface area contributed by atoms with E-state index in [0.29, 0.717) is 12.0 Å². The van der Waals surface area contributed by atoms with Gasteiger partial charge in [0.1, 0.15) is 0 Å². The summed E-state index contributed by atoms with van der Waals surface area (Å²) in [6.07, 6.45) is 3.17. The zero-order valence-corrected chi connectivity index (χ0v) is 7.51. The molecule has 0 amide bonds. The Morgan fingerprint density at radius 3 is 2.73 bits per heavy atom. The van der Waals surface area contributed by atoms with Crippen molar-refractivity contribution >= 4 is 0 Å². The van der Waals surface area contributed by atoms with Crippen LogP contribution in [0.4, 0.5) is 0 Å². The maximum atomic E-state index is 9.66. The molecule has 2 nitrogen and oxygen atoms in total. The summed E-state index contributed by atoms with van der Waals surface area (Å²) in [5.74, 6) is 0.604. The van der Waals surface area contributed by atoms with E-state index in [9.17, 15) is 5.11 Å². The van der Waals surface area contributed by atoms with Gasteiger partial charge in [-0.1, -0.05) is 13.8 Å². The second kappa shape index (κ2) is 4.07. The van der Waals surface area contributed by atoms with Crippen molar-refractivity contribution in [1.82, 2.24) is 5.32 Å². The van der Waals surface area contributed by atoms with E-state index >= 15 is 0 Å². The molecule has 1 rings (SSSR count). The molecule has 1 aliphatic rings. The van der Waals surface area contributed by atoms with Gasteiger partial charge in [-0.3, -0.25) is 0 Å². The molecule has 1 heterocycles. The first-order valence-electron chi connectivity index (χ1n) is 4.61. The molecule has 2 N–H and O–H groups in total. The van der Waals surface area contributed by atoms with Gasteiger partial charge in [0.25, 0.3) is 0 Å². The molecular weight excluding hydrogens is 138 g/mol. The predicted octanol–water partition coefficient (Wildman–Crippen LogP) is 1.15. The zero-order chi connectivity index (χ0) is 8.27. The molecule has 2 unspecified atom stereocenters. The molecule has 1 saturated heterocycles. The quantitative estimate of drug-likeness (QED) is 0.644. The monoisotopic (exact) mass is 157 g/mol. The third-order valence-corrected chi connectivity index (χ3v) is 2.28. The van der Waals surface area contributed by atoms with E-state index in [1.807, 2.05) is 0 Å². The first-order chi connectivity index (χ1) is 5.20. The molecule has 0 aromatic carbocycles. The molecule has 1 aliphatic heterocycles. The maximum absolute atomic E-state index is 9.66. The summed E-state index contributed by atoms with van der Waals surface area (Å²) in [4.78, 5) is 0. The molecule has 0 saturated carbocycles. The van der Waals surface area contributed by atoms with Gasteiger partial charge >= 0.3 is 0 Å². The fraction of sp³-hybridized carbons (Fsp3) is 1.00. The molecule has 0 spiro atoms. The van der Waals surface area contributed by atoms with Crippen molar-refractivity contribution in [2.75, 3.05) is 6.54 Å². The van der Waals surface area contributed by atoms with Crippen molar-refractivity contribution in [2.45, 2.75) is 45.3 Å². The van der Waals surface area contributed by atoms with Gasteiger partial charge in [-0.2, -0.15) is 0 Å². The molecule has 0 aromatic rings. The standard InChI is InChI=1S/C9H19NO/c1-7(2)6-9(11)8-4-3-5-10-8/h7-11H,3-6H2,1-2H3. The van der Waals surface area contributed by atoms with Crippen LogP contribution >= 0.6 is 0 Å². The Kier molecular flexibility index (Phi) is 3.34. The van der Waals surface area contributed by atoms with E-state index in [4.69, 9.17) is 0 Å². The SMILES string of the molecule is CC(C)CC(O)C1CCCN1. The molecular formula is C9H19NO. The van der Waals surface area contributed by atoms with Crippen molar-refractivity contribution in [1.29, 1.82) is 0 Å². The fourth-order valence-electron chi connectivity index (χ4n) is 1.69. The van der Waals surface area contributed by atoms with Crippen LogP contribution in [0.2, 0.25) is 0 Å². The minimum absolute atomic E-state index is 0.127. The van der Waals surface area contributed by atoms with Crippen LogP contribution in [0, 0.1) is 5.92 Å². The molecule has 0 aromatic heterocycles. The summed E-state index contributed by atoms with van der Waals surface area (Å²) >= 11 is 0. The number of rotatable bonds is 3. The molecule has 0 bridgehead atoms. The van der Waals surface area contributed by atoms with Crippen LogP contribution in [0.1, 0.15) is 33.1 Å². The Morgan fingerprint density at radius 2 is 2.27 bits per heavy atom. The summed E-state index contributed by atoms with van der Waals surface area (Å²) in [6, 6.07) is 0.373. The smallest absolute Gasteiger partial charge is 0.0695 e. The van der Waals surface area contributed by atoms with E-state index in [1.165, 1.54) is 6.42 Å². The number of hydrogen-bond acceptors (Lipinski definition) is 2. The summed E-state index contributed by atoms with van der Waals surface area (Å²) in [7, 11) is 0. The van der Waals surface area contributed by atoms with E-state index in [0.717, 1.165) is 19.4 Å². The third kappa shape index (κ3) is 2.80. The molecule has 0 aliphatic carbocycles. The second-order valence-electron chi connectivity index (χ2n) is 3.90. The van der Waals surface area contributed by atoms with Crippen LogP contribution in [0.25, 0.3) is 0 Å². The summed E-state index contributed by atoms with van der Waals surface area (Å²) in [5.41, 5.74) is 0. The van der Waals surface area contributed by atoms with Crippen molar-refractivity contribution in [3.63, 3.8) is 0 Å². The highest BCUT2D eigenvalue weighted by Crippen LogP contribution is 2.15. The third-order valence-electron chi connectivity index (χ3n) is 2.28. The highest BCUT2D eigenvalue weighted by Gasteiger charge is 2.22. The van der Waals surface area contributed by atoms with E-state index in [-0.39, 0.29) is 6.10 Å². The second-order valence-corrected chi connectivity index (χ2v) is 3.90. The highest BCUT2D eigenvalue weighted by molar-refractivity contribution is 4.81. The number of aliphatic hydroxyl groups is 1. The maximum Gasteiger partial charge on any atom is 0.0695 e. The van der Waals surface area contributed by atoms with Crippen LogP contribution < -0.4 is 5.32 Å². The summed E-state index contributed by atoms with van der Waals surface area (Å²) in [6.45, 7) is 5.39. The van der Waals surface area contributed by atoms with Gasteiger partial charge in [-0.25, -0.2) is 0 Å². The molecule has 66 valence electrons. The molecule has 11 heavy (non-hydrogen) atoms. The average molecular weight is 157 g/mol. The van der Waals surface area contributed by atoms with Crippen molar-refractivity contribution in [3.05, 3.63) is 0 Å². The molecule has 0 radical (unpaired) electrons. The Balaban J connectivity index is 2.22. The fourth-order valence-corrected chi connectivity index (χ4v) is 1.69. The lowest BCUT2D eigenvalue weighted by Crippen LogP contribution is -2.35. The van der Waals surface area contributed by atoms with Crippen LogP contribution in [0.5, 0.6) is 0 Å². The Labute approximate surface area is 69.0 Å². The predicted molar refractivity (Wildman–Crippen MR) is 46.5 cm³/mol. The van der Waals surface area contributed by atoms with Crippen LogP contribution in [0.3, 0.4) is 0 Å². The Morgan fingerprint density at radius 1 is 1.55 bits per heavy atom. The van der Waals surface area contributed by atoms with Crippen molar-refractivity contribution in [2.24, 2.45) is 5.92 Å². The van der Waals surface area contributed by atoms with Gasteiger partial charge in [0, 0.05) is 6.04 Å². The van der Waals surface area contributed by atoms with Crippen LogP contribution in [-0.2, 0) is 0 Å². The summed E-state index contributed by atoms with van der Waals surface area (Å²) < 4.78 is 0. The average Bonchev–Trinajstić information content (AvgIpc) is 2.35. The van der Waals surface area contributed by atoms with Gasteiger partial charge < -0.3 is 10.4 Å². The first kappa shape index (κ1) is 9.01. The lowest BCUT2D eigenvalue weighted by molar-refractivity contribution is 0.113. The molecule has 2 heteroatoms. The van der Waals surface area contributed by atoms with E-state index < -0.39 is 0 Å². The largest absolute Gasteiger partial charge is 0.391 e. The minimum atomic E-state index is -0.127. The summed E-state index contributed by atoms with van der Waals surface area (Å²) in [5, 5.41) is 13.0. The van der Waals surface area contributed by atoms with Crippen LogP contribution in [0.15, 0.2) is 0 Å². The number of nitrogens with one attached hydrogen (secondary N) is 1. The van der Waals surface area contributed by atoms with Crippen LogP contribution in [-0.4, -0.2) is 23.8 Å². The van der Waals surface area contributed by atoms with Gasteiger partial charge in [0.05, 0.1) is 6.10 Å². The Hall–Kier alpha value is -0.0800.